The van der Waals surface area contributed by atoms with E-state index >= 15 is 0 Å². The summed E-state index contributed by atoms with van der Waals surface area (Å²) >= 11 is 6.02. The minimum atomic E-state index is -0.00378. The number of methoxy groups -OCH3 is 1. The Kier molecular flexibility index (Phi) is 4.66. The van der Waals surface area contributed by atoms with Crippen LogP contribution in [0.1, 0.15) is 6.42 Å². The maximum atomic E-state index is 6.02. The van der Waals surface area contributed by atoms with E-state index in [1.807, 2.05) is 24.3 Å². The van der Waals surface area contributed by atoms with Gasteiger partial charge in [-0.25, -0.2) is 4.98 Å². The van der Waals surface area contributed by atoms with E-state index in [0.717, 1.165) is 17.5 Å². The topological polar surface area (TPSA) is 59.9 Å². The molecule has 0 radical (unpaired) electrons. The molecule has 0 saturated carbocycles. The molecule has 0 amide bonds. The summed E-state index contributed by atoms with van der Waals surface area (Å²) in [4.78, 5) is 4.36. The Morgan fingerprint density at radius 2 is 2.06 bits per heavy atom. The molecule has 1 aromatic heterocycles. The average Bonchev–Trinajstić information content (AvgIpc) is 2.39. The van der Waals surface area contributed by atoms with Crippen LogP contribution in [-0.2, 0) is 4.74 Å². The zero-order chi connectivity index (χ0) is 12.8. The van der Waals surface area contributed by atoms with Crippen molar-refractivity contribution >= 4 is 28.6 Å². The van der Waals surface area contributed by atoms with E-state index < -0.39 is 0 Å². The van der Waals surface area contributed by atoms with Crippen LogP contribution in [0.3, 0.4) is 0 Å². The highest BCUT2D eigenvalue weighted by atomic mass is 35.5. The van der Waals surface area contributed by atoms with Crippen LogP contribution >= 0.6 is 11.6 Å². The molecule has 18 heavy (non-hydrogen) atoms. The minimum absolute atomic E-state index is 0.00378. The van der Waals surface area contributed by atoms with Gasteiger partial charge in [-0.05, 0) is 18.6 Å². The van der Waals surface area contributed by atoms with Gasteiger partial charge in [0.05, 0.1) is 17.5 Å². The fraction of sp³-hybridized carbons (Fsp3) is 0.417. The quantitative estimate of drug-likeness (QED) is 0.811. The van der Waals surface area contributed by atoms with Crippen molar-refractivity contribution in [3.05, 3.63) is 24.3 Å². The molecule has 0 bridgehead atoms. The van der Waals surface area contributed by atoms with Crippen LogP contribution in [0, 0.1) is 0 Å². The van der Waals surface area contributed by atoms with E-state index in [-0.39, 0.29) is 5.38 Å². The minimum Gasteiger partial charge on any atom is -0.383 e. The standard InChI is InChI=1S/C12H15ClN4O/c1-18-8-9(13)6-7-14-12-15-10-4-2-3-5-11(10)16-17-12/h2-5,9H,6-8H2,1H3,(H,14,15,17). The van der Waals surface area contributed by atoms with Gasteiger partial charge < -0.3 is 10.1 Å². The second-order valence-electron chi connectivity index (χ2n) is 3.89. The van der Waals surface area contributed by atoms with Crippen molar-refractivity contribution in [2.75, 3.05) is 25.6 Å². The molecule has 1 N–H and O–H groups in total. The van der Waals surface area contributed by atoms with Crippen molar-refractivity contribution in [3.8, 4) is 0 Å². The van der Waals surface area contributed by atoms with Crippen molar-refractivity contribution < 1.29 is 4.74 Å². The molecule has 0 fully saturated rings. The van der Waals surface area contributed by atoms with E-state index in [1.165, 1.54) is 0 Å². The first-order valence-corrected chi connectivity index (χ1v) is 6.19. The van der Waals surface area contributed by atoms with Gasteiger partial charge in [0.2, 0.25) is 5.95 Å². The number of nitrogens with zero attached hydrogens (tertiary/aromatic N) is 3. The van der Waals surface area contributed by atoms with Crippen molar-refractivity contribution in [2.45, 2.75) is 11.8 Å². The Labute approximate surface area is 111 Å². The van der Waals surface area contributed by atoms with Gasteiger partial charge in [0.15, 0.2) is 0 Å². The van der Waals surface area contributed by atoms with Crippen molar-refractivity contribution in [3.63, 3.8) is 0 Å². The largest absolute Gasteiger partial charge is 0.383 e. The normalized spacial score (nSPS) is 12.6. The van der Waals surface area contributed by atoms with Crippen LogP contribution in [0.4, 0.5) is 5.95 Å². The third kappa shape index (κ3) is 3.51. The molecular weight excluding hydrogens is 252 g/mol. The SMILES string of the molecule is COCC(Cl)CCNc1nnc2ccccc2n1. The fourth-order valence-corrected chi connectivity index (χ4v) is 1.80. The van der Waals surface area contributed by atoms with Crippen LogP contribution in [0.2, 0.25) is 0 Å². The zero-order valence-electron chi connectivity index (χ0n) is 10.1. The Balaban J connectivity index is 1.91. The van der Waals surface area contributed by atoms with Gasteiger partial charge in [-0.2, -0.15) is 0 Å². The van der Waals surface area contributed by atoms with Gasteiger partial charge in [-0.1, -0.05) is 12.1 Å². The third-order valence-electron chi connectivity index (χ3n) is 2.45. The van der Waals surface area contributed by atoms with E-state index in [2.05, 4.69) is 20.5 Å². The lowest BCUT2D eigenvalue weighted by molar-refractivity contribution is 0.196. The Hall–Kier alpha value is -1.46. The number of halogens is 1. The first-order valence-electron chi connectivity index (χ1n) is 5.76. The Bertz CT molecular complexity index is 508. The molecule has 1 aromatic carbocycles. The third-order valence-corrected chi connectivity index (χ3v) is 2.79. The van der Waals surface area contributed by atoms with Gasteiger partial charge in [0, 0.05) is 13.7 Å². The van der Waals surface area contributed by atoms with Gasteiger partial charge in [-0.15, -0.1) is 21.8 Å². The highest BCUT2D eigenvalue weighted by molar-refractivity contribution is 6.20. The first-order chi connectivity index (χ1) is 8.79. The molecule has 1 unspecified atom stereocenters. The van der Waals surface area contributed by atoms with E-state index in [0.29, 0.717) is 19.1 Å². The molecule has 2 aromatic rings. The summed E-state index contributed by atoms with van der Waals surface area (Å²) in [5.41, 5.74) is 1.62. The second kappa shape index (κ2) is 6.47. The molecular formula is C12H15ClN4O. The van der Waals surface area contributed by atoms with Crippen LogP contribution in [0.15, 0.2) is 24.3 Å². The molecule has 1 heterocycles. The summed E-state index contributed by atoms with van der Waals surface area (Å²) in [5, 5.41) is 11.2. The van der Waals surface area contributed by atoms with Gasteiger partial charge in [-0.3, -0.25) is 0 Å². The number of alkyl halides is 1. The number of ether oxygens (including phenoxy) is 1. The number of hydrogen-bond donors (Lipinski definition) is 1. The smallest absolute Gasteiger partial charge is 0.243 e. The van der Waals surface area contributed by atoms with Gasteiger partial charge >= 0.3 is 0 Å². The number of benzene rings is 1. The predicted octanol–water partition coefficient (Wildman–Crippen LogP) is 2.08. The number of rotatable bonds is 6. The van der Waals surface area contributed by atoms with Crippen LogP contribution in [0.5, 0.6) is 0 Å². The summed E-state index contributed by atoms with van der Waals surface area (Å²) in [6, 6.07) is 7.62. The summed E-state index contributed by atoms with van der Waals surface area (Å²) in [5.74, 6) is 0.523. The number of hydrogen-bond acceptors (Lipinski definition) is 5. The molecule has 0 aliphatic carbocycles. The molecule has 5 nitrogen and oxygen atoms in total. The first kappa shape index (κ1) is 13.0. The predicted molar refractivity (Wildman–Crippen MR) is 72.0 cm³/mol. The summed E-state index contributed by atoms with van der Waals surface area (Å²) in [7, 11) is 1.64. The lowest BCUT2D eigenvalue weighted by atomic mass is 10.3. The number of nitrogens with one attached hydrogen (secondary N) is 1. The summed E-state index contributed by atoms with van der Waals surface area (Å²) in [6.07, 6.45) is 0.783. The van der Waals surface area contributed by atoms with Gasteiger partial charge in [0.1, 0.15) is 5.52 Å². The van der Waals surface area contributed by atoms with Gasteiger partial charge in [0.25, 0.3) is 0 Å². The maximum absolute atomic E-state index is 6.02. The Morgan fingerprint density at radius 3 is 2.83 bits per heavy atom. The maximum Gasteiger partial charge on any atom is 0.243 e. The monoisotopic (exact) mass is 266 g/mol. The van der Waals surface area contributed by atoms with Crippen molar-refractivity contribution in [2.24, 2.45) is 0 Å². The number of fused-ring (bicyclic) bond motifs is 1. The lowest BCUT2D eigenvalue weighted by Crippen LogP contribution is -2.14. The van der Waals surface area contributed by atoms with Crippen molar-refractivity contribution in [1.29, 1.82) is 0 Å². The molecule has 96 valence electrons. The van der Waals surface area contributed by atoms with E-state index in [4.69, 9.17) is 16.3 Å². The highest BCUT2D eigenvalue weighted by Crippen LogP contribution is 2.09. The lowest BCUT2D eigenvalue weighted by Gasteiger charge is -2.08. The number of para-hydroxylation sites is 1. The summed E-state index contributed by atoms with van der Waals surface area (Å²) < 4.78 is 4.96. The second-order valence-corrected chi connectivity index (χ2v) is 4.51. The fourth-order valence-electron chi connectivity index (χ4n) is 1.56. The molecule has 1 atom stereocenters. The molecule has 2 rings (SSSR count). The average molecular weight is 267 g/mol. The molecule has 0 spiro atoms. The summed E-state index contributed by atoms with van der Waals surface area (Å²) in [6.45, 7) is 1.23. The highest BCUT2D eigenvalue weighted by Gasteiger charge is 2.04. The zero-order valence-corrected chi connectivity index (χ0v) is 10.9. The number of aromatic nitrogens is 3. The molecule has 0 aliphatic heterocycles. The van der Waals surface area contributed by atoms with Crippen LogP contribution in [0.25, 0.3) is 11.0 Å². The molecule has 0 aliphatic rings. The number of anilines is 1. The van der Waals surface area contributed by atoms with Crippen LogP contribution in [-0.4, -0.2) is 40.8 Å². The van der Waals surface area contributed by atoms with E-state index in [1.54, 1.807) is 7.11 Å². The van der Waals surface area contributed by atoms with Crippen LogP contribution < -0.4 is 5.32 Å². The van der Waals surface area contributed by atoms with E-state index in [9.17, 15) is 0 Å². The molecule has 0 saturated heterocycles. The van der Waals surface area contributed by atoms with Crippen molar-refractivity contribution in [1.82, 2.24) is 15.2 Å². The molecule has 6 heteroatoms. The Morgan fingerprint density at radius 1 is 1.28 bits per heavy atom.